The van der Waals surface area contributed by atoms with Gasteiger partial charge in [0.2, 0.25) is 0 Å². The van der Waals surface area contributed by atoms with Crippen LogP contribution in [-0.4, -0.2) is 17.5 Å². The van der Waals surface area contributed by atoms with Crippen molar-refractivity contribution in [1.82, 2.24) is 4.90 Å². The summed E-state index contributed by atoms with van der Waals surface area (Å²) >= 11 is 0. The molecule has 0 atom stereocenters. The molecule has 0 aliphatic heterocycles. The number of nitrogens with zero attached hydrogens (tertiary/aromatic N) is 1. The molecule has 1 saturated carbocycles. The summed E-state index contributed by atoms with van der Waals surface area (Å²) in [7, 11) is 0. The molecule has 2 rings (SSSR count). The lowest BCUT2D eigenvalue weighted by atomic mass is 9.93. The molecule has 2 heteroatoms. The Hall–Kier alpha value is -1.02. The maximum absolute atomic E-state index is 6.00. The van der Waals surface area contributed by atoms with Crippen LogP contribution >= 0.6 is 0 Å². The Morgan fingerprint density at radius 3 is 2.61 bits per heavy atom. The number of hydrogen-bond donors (Lipinski definition) is 1. The van der Waals surface area contributed by atoms with Crippen molar-refractivity contribution in [2.45, 2.75) is 58.5 Å². The summed E-state index contributed by atoms with van der Waals surface area (Å²) in [6.45, 7) is 6.60. The van der Waals surface area contributed by atoms with Gasteiger partial charge in [-0.1, -0.05) is 38.3 Å². The summed E-state index contributed by atoms with van der Waals surface area (Å²) in [5.74, 6) is 0. The molecule has 1 aromatic rings. The smallest absolute Gasteiger partial charge is 0.0346 e. The van der Waals surface area contributed by atoms with Crippen molar-refractivity contribution in [3.05, 3.63) is 29.3 Å². The Bertz CT molecular complexity index is 381. The lowest BCUT2D eigenvalue weighted by Gasteiger charge is -2.34. The molecular formula is C16H26N2. The van der Waals surface area contributed by atoms with Gasteiger partial charge in [0.05, 0.1) is 0 Å². The number of benzene rings is 1. The fraction of sp³-hybridized carbons (Fsp3) is 0.625. The maximum Gasteiger partial charge on any atom is 0.0346 e. The average molecular weight is 246 g/mol. The largest absolute Gasteiger partial charge is 0.399 e. The van der Waals surface area contributed by atoms with E-state index in [1.54, 1.807) is 0 Å². The van der Waals surface area contributed by atoms with Crippen molar-refractivity contribution in [3.63, 3.8) is 0 Å². The molecule has 2 nitrogen and oxygen atoms in total. The Morgan fingerprint density at radius 2 is 1.94 bits per heavy atom. The van der Waals surface area contributed by atoms with E-state index in [1.165, 1.54) is 43.2 Å². The predicted octanol–water partition coefficient (Wildman–Crippen LogP) is 3.73. The second-order valence-corrected chi connectivity index (χ2v) is 5.49. The van der Waals surface area contributed by atoms with E-state index in [0.717, 1.165) is 24.8 Å². The third-order valence-electron chi connectivity index (χ3n) is 4.36. The minimum Gasteiger partial charge on any atom is -0.399 e. The van der Waals surface area contributed by atoms with Crippen LogP contribution in [0.1, 0.15) is 50.2 Å². The monoisotopic (exact) mass is 246 g/mol. The van der Waals surface area contributed by atoms with Crippen LogP contribution in [0, 0.1) is 6.92 Å². The van der Waals surface area contributed by atoms with Gasteiger partial charge in [-0.15, -0.1) is 0 Å². The van der Waals surface area contributed by atoms with Crippen LogP contribution < -0.4 is 5.73 Å². The van der Waals surface area contributed by atoms with E-state index in [4.69, 9.17) is 5.73 Å². The zero-order valence-corrected chi connectivity index (χ0v) is 11.8. The first-order valence-electron chi connectivity index (χ1n) is 7.30. The molecule has 0 heterocycles. The van der Waals surface area contributed by atoms with Crippen LogP contribution in [0.3, 0.4) is 0 Å². The molecule has 0 amide bonds. The molecule has 100 valence electrons. The van der Waals surface area contributed by atoms with Crippen LogP contribution in [0.25, 0.3) is 0 Å². The van der Waals surface area contributed by atoms with Gasteiger partial charge in [-0.05, 0) is 43.5 Å². The SMILES string of the molecule is CCN(Cc1cccc(N)c1C)C1CCCCC1. The number of nitrogen functional groups attached to an aromatic ring is 1. The van der Waals surface area contributed by atoms with E-state index in [9.17, 15) is 0 Å². The maximum atomic E-state index is 6.00. The molecule has 0 spiro atoms. The molecule has 18 heavy (non-hydrogen) atoms. The van der Waals surface area contributed by atoms with Crippen LogP contribution in [0.15, 0.2) is 18.2 Å². The Balaban J connectivity index is 2.07. The lowest BCUT2D eigenvalue weighted by Crippen LogP contribution is -2.36. The van der Waals surface area contributed by atoms with Crippen molar-refractivity contribution < 1.29 is 0 Å². The number of hydrogen-bond acceptors (Lipinski definition) is 2. The van der Waals surface area contributed by atoms with Gasteiger partial charge in [-0.25, -0.2) is 0 Å². The van der Waals surface area contributed by atoms with Gasteiger partial charge < -0.3 is 5.73 Å². The second kappa shape index (κ2) is 6.24. The van der Waals surface area contributed by atoms with E-state index in [2.05, 4.69) is 30.9 Å². The number of nitrogens with two attached hydrogens (primary N) is 1. The summed E-state index contributed by atoms with van der Waals surface area (Å²) in [6.07, 6.45) is 6.96. The highest BCUT2D eigenvalue weighted by atomic mass is 15.1. The molecular weight excluding hydrogens is 220 g/mol. The molecule has 1 fully saturated rings. The first kappa shape index (κ1) is 13.4. The van der Waals surface area contributed by atoms with Crippen molar-refractivity contribution in [2.75, 3.05) is 12.3 Å². The summed E-state index contributed by atoms with van der Waals surface area (Å²) in [6, 6.07) is 7.07. The zero-order chi connectivity index (χ0) is 13.0. The predicted molar refractivity (Wildman–Crippen MR) is 78.5 cm³/mol. The molecule has 0 bridgehead atoms. The highest BCUT2D eigenvalue weighted by molar-refractivity contribution is 5.49. The van der Waals surface area contributed by atoms with Crippen molar-refractivity contribution in [2.24, 2.45) is 0 Å². The Morgan fingerprint density at radius 1 is 1.22 bits per heavy atom. The highest BCUT2D eigenvalue weighted by Gasteiger charge is 2.20. The fourth-order valence-corrected chi connectivity index (χ4v) is 3.04. The van der Waals surface area contributed by atoms with Crippen molar-refractivity contribution in [3.8, 4) is 0 Å². The van der Waals surface area contributed by atoms with Crippen LogP contribution in [-0.2, 0) is 6.54 Å². The third kappa shape index (κ3) is 3.05. The fourth-order valence-electron chi connectivity index (χ4n) is 3.04. The molecule has 1 aliphatic carbocycles. The van der Waals surface area contributed by atoms with E-state index in [-0.39, 0.29) is 0 Å². The highest BCUT2D eigenvalue weighted by Crippen LogP contribution is 2.25. The van der Waals surface area contributed by atoms with Gasteiger partial charge in [0.1, 0.15) is 0 Å². The molecule has 0 saturated heterocycles. The minimum absolute atomic E-state index is 0.782. The van der Waals surface area contributed by atoms with E-state index < -0.39 is 0 Å². The standard InChI is InChI=1S/C16H26N2/c1-3-18(15-9-5-4-6-10-15)12-14-8-7-11-16(17)13(14)2/h7-8,11,15H,3-6,9-10,12,17H2,1-2H3. The Kier molecular flexibility index (Phi) is 4.65. The quantitative estimate of drug-likeness (QED) is 0.820. The first-order chi connectivity index (χ1) is 8.72. The topological polar surface area (TPSA) is 29.3 Å². The van der Waals surface area contributed by atoms with Crippen LogP contribution in [0.2, 0.25) is 0 Å². The van der Waals surface area contributed by atoms with Crippen LogP contribution in [0.4, 0.5) is 5.69 Å². The molecule has 2 N–H and O–H groups in total. The first-order valence-corrected chi connectivity index (χ1v) is 7.30. The van der Waals surface area contributed by atoms with E-state index >= 15 is 0 Å². The van der Waals surface area contributed by atoms with Gasteiger partial charge >= 0.3 is 0 Å². The third-order valence-corrected chi connectivity index (χ3v) is 4.36. The number of anilines is 1. The normalized spacial score (nSPS) is 17.3. The Labute approximate surface area is 111 Å². The van der Waals surface area contributed by atoms with E-state index in [0.29, 0.717) is 0 Å². The van der Waals surface area contributed by atoms with Gasteiger partial charge in [0.15, 0.2) is 0 Å². The second-order valence-electron chi connectivity index (χ2n) is 5.49. The van der Waals surface area contributed by atoms with Crippen LogP contribution in [0.5, 0.6) is 0 Å². The summed E-state index contributed by atoms with van der Waals surface area (Å²) in [5, 5.41) is 0. The van der Waals surface area contributed by atoms with Gasteiger partial charge in [0, 0.05) is 18.3 Å². The van der Waals surface area contributed by atoms with Gasteiger partial charge in [-0.3, -0.25) is 4.90 Å². The van der Waals surface area contributed by atoms with Gasteiger partial charge in [0.25, 0.3) is 0 Å². The van der Waals surface area contributed by atoms with Crippen molar-refractivity contribution >= 4 is 5.69 Å². The summed E-state index contributed by atoms with van der Waals surface area (Å²) in [4.78, 5) is 2.63. The molecule has 1 aliphatic rings. The molecule has 0 radical (unpaired) electrons. The minimum atomic E-state index is 0.782. The molecule has 0 aromatic heterocycles. The molecule has 0 unspecified atom stereocenters. The van der Waals surface area contributed by atoms with Gasteiger partial charge in [-0.2, -0.15) is 0 Å². The number of rotatable bonds is 4. The average Bonchev–Trinajstić information content (AvgIpc) is 2.41. The molecule has 1 aromatic carbocycles. The zero-order valence-electron chi connectivity index (χ0n) is 11.8. The van der Waals surface area contributed by atoms with Crippen molar-refractivity contribution in [1.29, 1.82) is 0 Å². The summed E-state index contributed by atoms with van der Waals surface area (Å²) in [5.41, 5.74) is 9.57. The van der Waals surface area contributed by atoms with E-state index in [1.807, 2.05) is 6.07 Å². The lowest BCUT2D eigenvalue weighted by molar-refractivity contribution is 0.156. The summed E-state index contributed by atoms with van der Waals surface area (Å²) < 4.78 is 0.